The van der Waals surface area contributed by atoms with Crippen LogP contribution in [0.15, 0.2) is 12.1 Å². The molecule has 0 amide bonds. The third kappa shape index (κ3) is 3.47. The Morgan fingerprint density at radius 1 is 1.25 bits per heavy atom. The van der Waals surface area contributed by atoms with Crippen molar-refractivity contribution in [2.45, 2.75) is 18.9 Å². The fraction of sp³-hybridized carbons (Fsp3) is 0.600. The average molecular weight is 265 g/mol. The first kappa shape index (κ1) is 15.4. The zero-order chi connectivity index (χ0) is 9.97. The van der Waals surface area contributed by atoms with Gasteiger partial charge in [-0.3, -0.25) is 0 Å². The predicted octanol–water partition coefficient (Wildman–Crippen LogP) is 1.81. The van der Waals surface area contributed by atoms with Crippen molar-refractivity contribution in [2.75, 3.05) is 25.5 Å². The summed E-state index contributed by atoms with van der Waals surface area (Å²) < 4.78 is 0. The molecule has 1 fully saturated rings. The van der Waals surface area contributed by atoms with Crippen LogP contribution in [-0.2, 0) is 0 Å². The summed E-state index contributed by atoms with van der Waals surface area (Å²) in [5, 5.41) is 11.8. The molecule has 0 spiro atoms. The zero-order valence-corrected chi connectivity index (χ0v) is 11.1. The van der Waals surface area contributed by atoms with E-state index in [0.717, 1.165) is 18.1 Å². The Hall–Kier alpha value is -0.580. The molecule has 92 valence electrons. The molecule has 0 bridgehead atoms. The molecule has 1 aliphatic rings. The van der Waals surface area contributed by atoms with E-state index in [9.17, 15) is 0 Å². The fourth-order valence-corrected chi connectivity index (χ4v) is 1.70. The molecule has 1 unspecified atom stereocenters. The second-order valence-corrected chi connectivity index (χ2v) is 3.86. The second-order valence-electron chi connectivity index (χ2n) is 3.86. The molecule has 1 aromatic heterocycles. The van der Waals surface area contributed by atoms with Gasteiger partial charge in [0.15, 0.2) is 5.82 Å². The molecule has 16 heavy (non-hydrogen) atoms. The molecule has 2 rings (SSSR count). The van der Waals surface area contributed by atoms with E-state index >= 15 is 0 Å². The van der Waals surface area contributed by atoms with Crippen LogP contribution >= 0.6 is 24.8 Å². The van der Waals surface area contributed by atoms with Crippen molar-refractivity contribution in [1.82, 2.24) is 15.5 Å². The van der Waals surface area contributed by atoms with E-state index in [1.807, 2.05) is 25.1 Å². The van der Waals surface area contributed by atoms with Gasteiger partial charge in [-0.05, 0) is 31.5 Å². The minimum absolute atomic E-state index is 0. The summed E-state index contributed by atoms with van der Waals surface area (Å²) >= 11 is 0. The van der Waals surface area contributed by atoms with Crippen LogP contribution in [0.4, 0.5) is 5.82 Å². The molecule has 0 saturated carbocycles. The fourth-order valence-electron chi connectivity index (χ4n) is 1.70. The Kier molecular flexibility index (Phi) is 6.64. The summed E-state index contributed by atoms with van der Waals surface area (Å²) in [5.41, 5.74) is 1.06. The molecule has 1 N–H and O–H groups in total. The van der Waals surface area contributed by atoms with Gasteiger partial charge >= 0.3 is 0 Å². The summed E-state index contributed by atoms with van der Waals surface area (Å²) in [4.78, 5) is 1.96. The van der Waals surface area contributed by atoms with Crippen molar-refractivity contribution in [3.05, 3.63) is 17.8 Å². The minimum atomic E-state index is 0. The van der Waals surface area contributed by atoms with Gasteiger partial charge in [-0.2, -0.15) is 5.10 Å². The van der Waals surface area contributed by atoms with E-state index in [4.69, 9.17) is 0 Å². The Bertz CT molecular complexity index is 296. The lowest BCUT2D eigenvalue weighted by atomic mass is 10.1. The van der Waals surface area contributed by atoms with Crippen LogP contribution in [0.2, 0.25) is 0 Å². The van der Waals surface area contributed by atoms with Crippen LogP contribution in [-0.4, -0.2) is 30.8 Å². The number of anilines is 1. The molecule has 1 atom stereocenters. The van der Waals surface area contributed by atoms with Crippen LogP contribution in [0.3, 0.4) is 0 Å². The molecule has 0 aromatic carbocycles. The maximum absolute atomic E-state index is 4.23. The summed E-state index contributed by atoms with van der Waals surface area (Å²) in [7, 11) is 3.94. The van der Waals surface area contributed by atoms with Crippen molar-refractivity contribution in [1.29, 1.82) is 0 Å². The lowest BCUT2D eigenvalue weighted by Crippen LogP contribution is -2.16. The van der Waals surface area contributed by atoms with Crippen LogP contribution < -0.4 is 10.2 Å². The first-order valence-electron chi connectivity index (χ1n) is 5.02. The van der Waals surface area contributed by atoms with Gasteiger partial charge in [0.1, 0.15) is 0 Å². The molecule has 1 saturated heterocycles. The zero-order valence-electron chi connectivity index (χ0n) is 9.51. The molecule has 0 radical (unpaired) electrons. The Balaban J connectivity index is 0.00000112. The third-order valence-corrected chi connectivity index (χ3v) is 2.55. The SMILES string of the molecule is CN(C)c1ccc(C2CCCN2)nn1.Cl.Cl. The van der Waals surface area contributed by atoms with Crippen molar-refractivity contribution < 1.29 is 0 Å². The Labute approximate surface area is 109 Å². The maximum atomic E-state index is 4.23. The van der Waals surface area contributed by atoms with Gasteiger partial charge in [-0.25, -0.2) is 0 Å². The monoisotopic (exact) mass is 264 g/mol. The van der Waals surface area contributed by atoms with Gasteiger partial charge in [0.25, 0.3) is 0 Å². The van der Waals surface area contributed by atoms with Crippen molar-refractivity contribution in [3.63, 3.8) is 0 Å². The molecule has 6 heteroatoms. The van der Waals surface area contributed by atoms with Gasteiger partial charge in [0, 0.05) is 14.1 Å². The normalized spacial score (nSPS) is 18.5. The summed E-state index contributed by atoms with van der Waals surface area (Å²) in [5.74, 6) is 0.909. The van der Waals surface area contributed by atoms with Crippen LogP contribution in [0.5, 0.6) is 0 Å². The number of nitrogens with zero attached hydrogens (tertiary/aromatic N) is 3. The highest BCUT2D eigenvalue weighted by Crippen LogP contribution is 2.21. The molecular formula is C10H18Cl2N4. The smallest absolute Gasteiger partial charge is 0.150 e. The van der Waals surface area contributed by atoms with Gasteiger partial charge in [-0.1, -0.05) is 0 Å². The first-order chi connectivity index (χ1) is 6.77. The van der Waals surface area contributed by atoms with E-state index < -0.39 is 0 Å². The lowest BCUT2D eigenvalue weighted by Gasteiger charge is -2.12. The largest absolute Gasteiger partial charge is 0.361 e. The van der Waals surface area contributed by atoms with Crippen molar-refractivity contribution >= 4 is 30.6 Å². The van der Waals surface area contributed by atoms with Gasteiger partial charge in [0.2, 0.25) is 0 Å². The van der Waals surface area contributed by atoms with Crippen LogP contribution in [0, 0.1) is 0 Å². The number of halogens is 2. The number of aromatic nitrogens is 2. The molecule has 0 aliphatic carbocycles. The highest BCUT2D eigenvalue weighted by molar-refractivity contribution is 5.85. The van der Waals surface area contributed by atoms with E-state index in [2.05, 4.69) is 21.6 Å². The number of hydrogen-bond acceptors (Lipinski definition) is 4. The van der Waals surface area contributed by atoms with Crippen molar-refractivity contribution in [2.24, 2.45) is 0 Å². The van der Waals surface area contributed by atoms with Crippen molar-refractivity contribution in [3.8, 4) is 0 Å². The summed E-state index contributed by atoms with van der Waals surface area (Å²) in [6, 6.07) is 4.49. The van der Waals surface area contributed by atoms with Gasteiger partial charge < -0.3 is 10.2 Å². The number of rotatable bonds is 2. The highest BCUT2D eigenvalue weighted by atomic mass is 35.5. The number of hydrogen-bond donors (Lipinski definition) is 1. The molecule has 1 aromatic rings. The van der Waals surface area contributed by atoms with Gasteiger partial charge in [0.05, 0.1) is 11.7 Å². The lowest BCUT2D eigenvalue weighted by molar-refractivity contribution is 0.616. The topological polar surface area (TPSA) is 41.0 Å². The average Bonchev–Trinajstić information content (AvgIpc) is 2.71. The Morgan fingerprint density at radius 3 is 2.44 bits per heavy atom. The van der Waals surface area contributed by atoms with Gasteiger partial charge in [-0.15, -0.1) is 29.9 Å². The maximum Gasteiger partial charge on any atom is 0.150 e. The number of nitrogens with one attached hydrogen (secondary N) is 1. The predicted molar refractivity (Wildman–Crippen MR) is 70.8 cm³/mol. The second kappa shape index (κ2) is 6.89. The molecular weight excluding hydrogens is 247 g/mol. The molecule has 2 heterocycles. The van der Waals surface area contributed by atoms with E-state index in [0.29, 0.717) is 6.04 Å². The quantitative estimate of drug-likeness (QED) is 0.885. The summed E-state index contributed by atoms with van der Waals surface area (Å²) in [6.45, 7) is 1.10. The Morgan fingerprint density at radius 2 is 2.00 bits per heavy atom. The third-order valence-electron chi connectivity index (χ3n) is 2.55. The summed E-state index contributed by atoms with van der Waals surface area (Å²) in [6.07, 6.45) is 2.41. The minimum Gasteiger partial charge on any atom is -0.361 e. The van der Waals surface area contributed by atoms with E-state index in [1.165, 1.54) is 12.8 Å². The molecule has 1 aliphatic heterocycles. The van der Waals surface area contributed by atoms with Crippen LogP contribution in [0.25, 0.3) is 0 Å². The highest BCUT2D eigenvalue weighted by Gasteiger charge is 2.17. The van der Waals surface area contributed by atoms with E-state index in [1.54, 1.807) is 0 Å². The van der Waals surface area contributed by atoms with Crippen LogP contribution in [0.1, 0.15) is 24.6 Å². The molecule has 4 nitrogen and oxygen atoms in total. The standard InChI is InChI=1S/C10H16N4.2ClH/c1-14(2)10-6-5-9(12-13-10)8-4-3-7-11-8;;/h5-6,8,11H,3-4,7H2,1-2H3;2*1H. The van der Waals surface area contributed by atoms with E-state index in [-0.39, 0.29) is 24.8 Å². The first-order valence-corrected chi connectivity index (χ1v) is 5.02.